The van der Waals surface area contributed by atoms with Crippen LogP contribution in [0, 0.1) is 6.92 Å². The molecular formula is C14H15N3O4. The summed E-state index contributed by atoms with van der Waals surface area (Å²) in [6.07, 6.45) is 2.97. The van der Waals surface area contributed by atoms with Crippen molar-refractivity contribution in [2.45, 2.75) is 13.5 Å². The SMILES string of the molecule is COC(=O)Cn1cc(NC(=O)c2ccc(O)cc2C)cn1. The largest absolute Gasteiger partial charge is 0.508 e. The second-order valence-electron chi connectivity index (χ2n) is 4.46. The molecule has 0 bridgehead atoms. The number of aromatic nitrogens is 2. The van der Waals surface area contributed by atoms with E-state index < -0.39 is 5.97 Å². The Kier molecular flexibility index (Phi) is 4.22. The van der Waals surface area contributed by atoms with Crippen LogP contribution in [0.4, 0.5) is 5.69 Å². The van der Waals surface area contributed by atoms with Gasteiger partial charge >= 0.3 is 5.97 Å². The summed E-state index contributed by atoms with van der Waals surface area (Å²) in [6.45, 7) is 1.71. The zero-order valence-corrected chi connectivity index (χ0v) is 11.7. The Balaban J connectivity index is 2.07. The number of aryl methyl sites for hydroxylation is 1. The summed E-state index contributed by atoms with van der Waals surface area (Å²) in [7, 11) is 1.29. The van der Waals surface area contributed by atoms with Gasteiger partial charge < -0.3 is 15.2 Å². The van der Waals surface area contributed by atoms with Crippen molar-refractivity contribution < 1.29 is 19.4 Å². The number of ether oxygens (including phenoxy) is 1. The van der Waals surface area contributed by atoms with Crippen molar-refractivity contribution in [1.29, 1.82) is 0 Å². The van der Waals surface area contributed by atoms with Gasteiger partial charge in [0, 0.05) is 11.8 Å². The predicted octanol–water partition coefficient (Wildman–Crippen LogP) is 1.32. The van der Waals surface area contributed by atoms with Gasteiger partial charge in [-0.15, -0.1) is 0 Å². The molecule has 1 aromatic carbocycles. The number of aromatic hydroxyl groups is 1. The van der Waals surface area contributed by atoms with Gasteiger partial charge in [-0.25, -0.2) is 0 Å². The highest BCUT2D eigenvalue weighted by atomic mass is 16.5. The number of rotatable bonds is 4. The molecule has 7 heteroatoms. The maximum Gasteiger partial charge on any atom is 0.327 e. The van der Waals surface area contributed by atoms with Crippen LogP contribution in [-0.4, -0.2) is 33.9 Å². The monoisotopic (exact) mass is 289 g/mol. The summed E-state index contributed by atoms with van der Waals surface area (Å²) in [4.78, 5) is 23.2. The van der Waals surface area contributed by atoms with E-state index in [9.17, 15) is 14.7 Å². The van der Waals surface area contributed by atoms with Gasteiger partial charge in [0.05, 0.1) is 19.0 Å². The number of carbonyl (C=O) groups is 2. The average Bonchev–Trinajstić information content (AvgIpc) is 2.85. The molecule has 0 spiro atoms. The van der Waals surface area contributed by atoms with Gasteiger partial charge in [0.15, 0.2) is 0 Å². The highest BCUT2D eigenvalue weighted by Crippen LogP contribution is 2.17. The molecule has 2 rings (SSSR count). The van der Waals surface area contributed by atoms with Crippen molar-refractivity contribution in [2.24, 2.45) is 0 Å². The summed E-state index contributed by atoms with van der Waals surface area (Å²) < 4.78 is 5.90. The van der Waals surface area contributed by atoms with Gasteiger partial charge in [-0.2, -0.15) is 5.10 Å². The molecule has 7 nitrogen and oxygen atoms in total. The Morgan fingerprint density at radius 2 is 2.19 bits per heavy atom. The lowest BCUT2D eigenvalue weighted by Crippen LogP contribution is -2.13. The van der Waals surface area contributed by atoms with E-state index in [0.717, 1.165) is 0 Å². The van der Waals surface area contributed by atoms with E-state index in [4.69, 9.17) is 0 Å². The fourth-order valence-electron chi connectivity index (χ4n) is 1.81. The van der Waals surface area contributed by atoms with Crippen LogP contribution in [0.15, 0.2) is 30.6 Å². The van der Waals surface area contributed by atoms with Crippen LogP contribution in [0.1, 0.15) is 15.9 Å². The Labute approximate surface area is 121 Å². The second-order valence-corrected chi connectivity index (χ2v) is 4.46. The molecule has 1 aromatic heterocycles. The Hall–Kier alpha value is -2.83. The highest BCUT2D eigenvalue weighted by Gasteiger charge is 2.11. The molecule has 2 aromatic rings. The zero-order valence-electron chi connectivity index (χ0n) is 11.7. The maximum atomic E-state index is 12.1. The fraction of sp³-hybridized carbons (Fsp3) is 0.214. The molecule has 0 radical (unpaired) electrons. The molecule has 1 amide bonds. The maximum absolute atomic E-state index is 12.1. The molecule has 0 aliphatic carbocycles. The molecule has 0 aliphatic heterocycles. The topological polar surface area (TPSA) is 93.5 Å². The van der Waals surface area contributed by atoms with Gasteiger partial charge in [0.25, 0.3) is 5.91 Å². The number of benzene rings is 1. The number of carbonyl (C=O) groups excluding carboxylic acids is 2. The third kappa shape index (κ3) is 3.59. The number of amides is 1. The van der Waals surface area contributed by atoms with E-state index in [-0.39, 0.29) is 18.2 Å². The first kappa shape index (κ1) is 14.6. The Morgan fingerprint density at radius 3 is 2.86 bits per heavy atom. The van der Waals surface area contributed by atoms with Crippen molar-refractivity contribution in [3.8, 4) is 5.75 Å². The number of phenolic OH excluding ortho intramolecular Hbond substituents is 1. The Morgan fingerprint density at radius 1 is 1.43 bits per heavy atom. The van der Waals surface area contributed by atoms with Gasteiger partial charge in [-0.1, -0.05) is 0 Å². The molecule has 0 aliphatic rings. The minimum absolute atomic E-state index is 0.0232. The van der Waals surface area contributed by atoms with Crippen molar-refractivity contribution in [3.63, 3.8) is 0 Å². The van der Waals surface area contributed by atoms with Crippen LogP contribution in [0.25, 0.3) is 0 Å². The number of methoxy groups -OCH3 is 1. The van der Waals surface area contributed by atoms with E-state index in [1.807, 2.05) is 0 Å². The van der Waals surface area contributed by atoms with Gasteiger partial charge in [-0.3, -0.25) is 14.3 Å². The molecule has 0 saturated carbocycles. The van der Waals surface area contributed by atoms with Crippen LogP contribution in [0.5, 0.6) is 5.75 Å². The molecule has 2 N–H and O–H groups in total. The summed E-state index contributed by atoms with van der Waals surface area (Å²) in [6, 6.07) is 4.50. The van der Waals surface area contributed by atoms with Crippen molar-refractivity contribution in [2.75, 3.05) is 12.4 Å². The summed E-state index contributed by atoms with van der Waals surface area (Å²) in [5.74, 6) is -0.634. The lowest BCUT2D eigenvalue weighted by Gasteiger charge is -2.06. The van der Waals surface area contributed by atoms with Crippen LogP contribution in [0.3, 0.4) is 0 Å². The third-order valence-corrected chi connectivity index (χ3v) is 2.86. The van der Waals surface area contributed by atoms with E-state index in [0.29, 0.717) is 16.8 Å². The van der Waals surface area contributed by atoms with Gasteiger partial charge in [0.2, 0.25) is 0 Å². The van der Waals surface area contributed by atoms with Crippen LogP contribution < -0.4 is 5.32 Å². The molecule has 21 heavy (non-hydrogen) atoms. The normalized spacial score (nSPS) is 10.2. The number of hydrogen-bond acceptors (Lipinski definition) is 5. The molecule has 0 atom stereocenters. The number of nitrogens with one attached hydrogen (secondary N) is 1. The molecule has 1 heterocycles. The van der Waals surface area contributed by atoms with Crippen LogP contribution in [0.2, 0.25) is 0 Å². The quantitative estimate of drug-likeness (QED) is 0.828. The van der Waals surface area contributed by atoms with Gasteiger partial charge in [-0.05, 0) is 30.7 Å². The van der Waals surface area contributed by atoms with Crippen LogP contribution in [-0.2, 0) is 16.1 Å². The number of phenols is 1. The molecule has 0 unspecified atom stereocenters. The first-order valence-electron chi connectivity index (χ1n) is 6.20. The van der Waals surface area contributed by atoms with E-state index in [2.05, 4.69) is 15.2 Å². The summed E-state index contributed by atoms with van der Waals surface area (Å²) >= 11 is 0. The standard InChI is InChI=1S/C14H15N3O4/c1-9-5-11(18)3-4-12(9)14(20)16-10-6-15-17(7-10)8-13(19)21-2/h3-7,18H,8H2,1-2H3,(H,16,20). The highest BCUT2D eigenvalue weighted by molar-refractivity contribution is 6.05. The second kappa shape index (κ2) is 6.08. The first-order chi connectivity index (χ1) is 9.99. The zero-order chi connectivity index (χ0) is 15.4. The number of hydrogen-bond donors (Lipinski definition) is 2. The van der Waals surface area contributed by atoms with Crippen molar-refractivity contribution in [1.82, 2.24) is 9.78 Å². The Bertz CT molecular complexity index is 679. The molecule has 0 saturated heterocycles. The van der Waals surface area contributed by atoms with E-state index >= 15 is 0 Å². The molecular weight excluding hydrogens is 274 g/mol. The minimum atomic E-state index is -0.426. The number of nitrogens with zero attached hydrogens (tertiary/aromatic N) is 2. The fourth-order valence-corrected chi connectivity index (χ4v) is 1.81. The van der Waals surface area contributed by atoms with Crippen molar-refractivity contribution >= 4 is 17.6 Å². The third-order valence-electron chi connectivity index (χ3n) is 2.86. The van der Waals surface area contributed by atoms with Gasteiger partial charge in [0.1, 0.15) is 12.3 Å². The minimum Gasteiger partial charge on any atom is -0.508 e. The average molecular weight is 289 g/mol. The van der Waals surface area contributed by atoms with E-state index in [1.165, 1.54) is 36.3 Å². The predicted molar refractivity (Wildman–Crippen MR) is 75.0 cm³/mol. The lowest BCUT2D eigenvalue weighted by atomic mass is 10.1. The first-order valence-corrected chi connectivity index (χ1v) is 6.20. The smallest absolute Gasteiger partial charge is 0.327 e. The number of anilines is 1. The lowest BCUT2D eigenvalue weighted by molar-refractivity contribution is -0.141. The summed E-state index contributed by atoms with van der Waals surface area (Å²) in [5, 5.41) is 16.0. The molecule has 0 fully saturated rings. The summed E-state index contributed by atoms with van der Waals surface area (Å²) in [5.41, 5.74) is 1.58. The van der Waals surface area contributed by atoms with Crippen molar-refractivity contribution in [3.05, 3.63) is 41.7 Å². The van der Waals surface area contributed by atoms with E-state index in [1.54, 1.807) is 13.0 Å². The van der Waals surface area contributed by atoms with Crippen LogP contribution >= 0.6 is 0 Å². The number of esters is 1. The molecule has 110 valence electrons.